The van der Waals surface area contributed by atoms with Crippen molar-refractivity contribution in [3.63, 3.8) is 0 Å². The largest absolute Gasteiger partial charge is 0.366 e. The number of imide groups is 1. The van der Waals surface area contributed by atoms with Gasteiger partial charge in [0.15, 0.2) is 0 Å². The van der Waals surface area contributed by atoms with Gasteiger partial charge in [-0.3, -0.25) is 19.3 Å². The highest BCUT2D eigenvalue weighted by Crippen LogP contribution is 2.32. The molecule has 7 heteroatoms. The van der Waals surface area contributed by atoms with Crippen molar-refractivity contribution in [3.8, 4) is 0 Å². The van der Waals surface area contributed by atoms with Crippen molar-refractivity contribution in [2.45, 2.75) is 38.1 Å². The molecule has 2 aromatic rings. The molecule has 3 amide bonds. The molecule has 6 nitrogen and oxygen atoms in total. The number of hydrogen-bond donors (Lipinski definition) is 0. The SMILES string of the molecule is O=C(c1ccc2c(c1)C(=O)N(C1CCCCC1)C2=O)N1CCN(c2ccccc2F)CC1. The maximum Gasteiger partial charge on any atom is 0.261 e. The summed E-state index contributed by atoms with van der Waals surface area (Å²) < 4.78 is 14.1. The first-order valence-corrected chi connectivity index (χ1v) is 11.4. The maximum atomic E-state index is 14.1. The topological polar surface area (TPSA) is 60.9 Å². The molecule has 2 fully saturated rings. The lowest BCUT2D eigenvalue weighted by Crippen LogP contribution is -2.49. The molecule has 0 aromatic heterocycles. The number of nitrogens with zero attached hydrogens (tertiary/aromatic N) is 3. The van der Waals surface area contributed by atoms with E-state index in [1.54, 1.807) is 41.3 Å². The predicted molar refractivity (Wildman–Crippen MR) is 118 cm³/mol. The third kappa shape index (κ3) is 3.55. The van der Waals surface area contributed by atoms with Crippen LogP contribution < -0.4 is 4.90 Å². The highest BCUT2D eigenvalue weighted by atomic mass is 19.1. The number of fused-ring (bicyclic) bond motifs is 1. The van der Waals surface area contributed by atoms with E-state index in [4.69, 9.17) is 0 Å². The van der Waals surface area contributed by atoms with Crippen molar-refractivity contribution in [2.75, 3.05) is 31.1 Å². The molecule has 0 bridgehead atoms. The number of halogens is 1. The number of rotatable bonds is 3. The Hall–Kier alpha value is -3.22. The highest BCUT2D eigenvalue weighted by Gasteiger charge is 2.40. The number of carbonyl (C=O) groups excluding carboxylic acids is 3. The van der Waals surface area contributed by atoms with E-state index in [2.05, 4.69) is 0 Å². The summed E-state index contributed by atoms with van der Waals surface area (Å²) in [5.74, 6) is -0.959. The summed E-state index contributed by atoms with van der Waals surface area (Å²) in [4.78, 5) is 44.1. The Labute approximate surface area is 186 Å². The summed E-state index contributed by atoms with van der Waals surface area (Å²) in [7, 11) is 0. The van der Waals surface area contributed by atoms with E-state index in [1.165, 1.54) is 11.0 Å². The van der Waals surface area contributed by atoms with Crippen molar-refractivity contribution in [1.82, 2.24) is 9.80 Å². The Morgan fingerprint density at radius 3 is 2.25 bits per heavy atom. The minimum Gasteiger partial charge on any atom is -0.366 e. The highest BCUT2D eigenvalue weighted by molar-refractivity contribution is 6.22. The lowest BCUT2D eigenvalue weighted by Gasteiger charge is -2.36. The Bertz CT molecular complexity index is 1070. The van der Waals surface area contributed by atoms with Gasteiger partial charge in [-0.25, -0.2) is 4.39 Å². The van der Waals surface area contributed by atoms with Gasteiger partial charge in [-0.15, -0.1) is 0 Å². The lowest BCUT2D eigenvalue weighted by molar-refractivity contribution is 0.0548. The van der Waals surface area contributed by atoms with Gasteiger partial charge in [0.2, 0.25) is 0 Å². The van der Waals surface area contributed by atoms with Crippen molar-refractivity contribution in [2.24, 2.45) is 0 Å². The summed E-state index contributed by atoms with van der Waals surface area (Å²) in [6.07, 6.45) is 4.90. The van der Waals surface area contributed by atoms with Crippen molar-refractivity contribution < 1.29 is 18.8 Å². The van der Waals surface area contributed by atoms with E-state index in [1.807, 2.05) is 4.90 Å². The van der Waals surface area contributed by atoms with Crippen LogP contribution in [-0.4, -0.2) is 59.7 Å². The molecule has 1 saturated carbocycles. The lowest BCUT2D eigenvalue weighted by atomic mass is 9.94. The van der Waals surface area contributed by atoms with Gasteiger partial charge < -0.3 is 9.80 Å². The van der Waals surface area contributed by atoms with Crippen molar-refractivity contribution in [1.29, 1.82) is 0 Å². The molecule has 2 heterocycles. The van der Waals surface area contributed by atoms with Crippen LogP contribution in [0.25, 0.3) is 0 Å². The predicted octanol–water partition coefficient (Wildman–Crippen LogP) is 3.72. The zero-order chi connectivity index (χ0) is 22.2. The third-order valence-corrected chi connectivity index (χ3v) is 6.86. The smallest absolute Gasteiger partial charge is 0.261 e. The van der Waals surface area contributed by atoms with E-state index in [9.17, 15) is 18.8 Å². The standard InChI is InChI=1S/C25H26FN3O3/c26-21-8-4-5-9-22(21)27-12-14-28(15-13-27)23(30)17-10-11-19-20(16-17)25(32)29(24(19)31)18-6-2-1-3-7-18/h4-5,8-11,16,18H,1-3,6-7,12-15H2. The molecule has 0 spiro atoms. The molecule has 5 rings (SSSR count). The van der Waals surface area contributed by atoms with Gasteiger partial charge >= 0.3 is 0 Å². The number of piperazine rings is 1. The minimum absolute atomic E-state index is 0.0400. The summed E-state index contributed by atoms with van der Waals surface area (Å²) in [6, 6.07) is 11.4. The molecule has 2 aromatic carbocycles. The van der Waals surface area contributed by atoms with E-state index >= 15 is 0 Å². The number of amides is 3. The molecule has 0 unspecified atom stereocenters. The molecule has 0 N–H and O–H groups in total. The minimum atomic E-state index is -0.282. The molecule has 0 radical (unpaired) electrons. The fraction of sp³-hybridized carbons (Fsp3) is 0.400. The van der Waals surface area contributed by atoms with Gasteiger partial charge in [0.25, 0.3) is 17.7 Å². The van der Waals surface area contributed by atoms with Crippen LogP contribution in [0.2, 0.25) is 0 Å². The average Bonchev–Trinajstić information content (AvgIpc) is 3.09. The zero-order valence-electron chi connectivity index (χ0n) is 17.9. The Kier molecular flexibility index (Phi) is 5.41. The second-order valence-corrected chi connectivity index (χ2v) is 8.76. The molecule has 166 valence electrons. The number of anilines is 1. The first-order valence-electron chi connectivity index (χ1n) is 11.4. The third-order valence-electron chi connectivity index (χ3n) is 6.86. The van der Waals surface area contributed by atoms with E-state index in [0.717, 1.165) is 32.1 Å². The normalized spacial score (nSPS) is 19.5. The fourth-order valence-electron chi connectivity index (χ4n) is 5.10. The van der Waals surface area contributed by atoms with Crippen LogP contribution >= 0.6 is 0 Å². The summed E-state index contributed by atoms with van der Waals surface area (Å²) in [5, 5.41) is 0. The van der Waals surface area contributed by atoms with Gasteiger partial charge in [0.1, 0.15) is 5.82 Å². The van der Waals surface area contributed by atoms with E-state index in [-0.39, 0.29) is 29.6 Å². The van der Waals surface area contributed by atoms with Gasteiger partial charge in [0, 0.05) is 37.8 Å². The molecule has 1 saturated heterocycles. The van der Waals surface area contributed by atoms with Crippen LogP contribution in [0.5, 0.6) is 0 Å². The first-order chi connectivity index (χ1) is 15.5. The number of carbonyl (C=O) groups is 3. The zero-order valence-corrected chi connectivity index (χ0v) is 17.9. The van der Waals surface area contributed by atoms with Gasteiger partial charge in [-0.2, -0.15) is 0 Å². The quantitative estimate of drug-likeness (QED) is 0.690. The molecule has 3 aliphatic rings. The second-order valence-electron chi connectivity index (χ2n) is 8.76. The fourth-order valence-corrected chi connectivity index (χ4v) is 5.10. The first kappa shape index (κ1) is 20.7. The Balaban J connectivity index is 1.30. The molecular weight excluding hydrogens is 409 g/mol. The van der Waals surface area contributed by atoms with Crippen LogP contribution in [0.4, 0.5) is 10.1 Å². The summed E-state index contributed by atoms with van der Waals surface area (Å²) in [5.41, 5.74) is 1.68. The van der Waals surface area contributed by atoms with Gasteiger partial charge in [0.05, 0.1) is 16.8 Å². The van der Waals surface area contributed by atoms with Crippen LogP contribution in [-0.2, 0) is 0 Å². The van der Waals surface area contributed by atoms with Gasteiger partial charge in [-0.1, -0.05) is 31.4 Å². The van der Waals surface area contributed by atoms with Gasteiger partial charge in [-0.05, 0) is 43.2 Å². The molecule has 32 heavy (non-hydrogen) atoms. The number of benzene rings is 2. The average molecular weight is 435 g/mol. The number of para-hydroxylation sites is 1. The maximum absolute atomic E-state index is 14.1. The monoisotopic (exact) mass is 435 g/mol. The van der Waals surface area contributed by atoms with E-state index < -0.39 is 0 Å². The van der Waals surface area contributed by atoms with Crippen LogP contribution in [0.1, 0.15) is 63.2 Å². The van der Waals surface area contributed by atoms with Crippen molar-refractivity contribution in [3.05, 3.63) is 65.0 Å². The number of hydrogen-bond acceptors (Lipinski definition) is 4. The molecule has 2 aliphatic heterocycles. The molecule has 1 aliphatic carbocycles. The molecular formula is C25H26FN3O3. The summed E-state index contributed by atoms with van der Waals surface area (Å²) >= 11 is 0. The van der Waals surface area contributed by atoms with Crippen LogP contribution in [0, 0.1) is 5.82 Å². The van der Waals surface area contributed by atoms with E-state index in [0.29, 0.717) is 48.6 Å². The Morgan fingerprint density at radius 1 is 0.844 bits per heavy atom. The van der Waals surface area contributed by atoms with Crippen LogP contribution in [0.3, 0.4) is 0 Å². The van der Waals surface area contributed by atoms with Crippen molar-refractivity contribution >= 4 is 23.4 Å². The second kappa shape index (κ2) is 8.37. The summed E-state index contributed by atoms with van der Waals surface area (Å²) in [6.45, 7) is 1.99. The Morgan fingerprint density at radius 2 is 1.53 bits per heavy atom. The van der Waals surface area contributed by atoms with Crippen LogP contribution in [0.15, 0.2) is 42.5 Å². The molecule has 0 atom stereocenters.